The summed E-state index contributed by atoms with van der Waals surface area (Å²) in [4.78, 5) is 20.6. The van der Waals surface area contributed by atoms with Crippen LogP contribution in [-0.2, 0) is 6.54 Å². The van der Waals surface area contributed by atoms with Crippen LogP contribution in [0.5, 0.6) is 0 Å². The van der Waals surface area contributed by atoms with Crippen molar-refractivity contribution < 1.29 is 14.8 Å². The van der Waals surface area contributed by atoms with Crippen molar-refractivity contribution in [2.24, 2.45) is 5.73 Å². The Morgan fingerprint density at radius 3 is 2.62 bits per heavy atom. The lowest BCUT2D eigenvalue weighted by Gasteiger charge is -2.05. The molecule has 0 amide bonds. The van der Waals surface area contributed by atoms with Gasteiger partial charge in [-0.15, -0.1) is 0 Å². The summed E-state index contributed by atoms with van der Waals surface area (Å²) in [6, 6.07) is 3.59. The first-order valence-electron chi connectivity index (χ1n) is 4.16. The van der Waals surface area contributed by atoms with Gasteiger partial charge >= 0.3 is 5.97 Å². The van der Waals surface area contributed by atoms with Crippen LogP contribution in [0, 0.1) is 21.4 Å². The van der Waals surface area contributed by atoms with Gasteiger partial charge in [-0.25, -0.2) is 4.79 Å². The summed E-state index contributed by atoms with van der Waals surface area (Å²) in [5.74, 6) is -1.35. The number of nitrogens with two attached hydrogens (primary N) is 1. The number of nitro groups is 1. The van der Waals surface area contributed by atoms with Gasteiger partial charge in [-0.3, -0.25) is 10.1 Å². The Balaban J connectivity index is 3.57. The Morgan fingerprint density at radius 2 is 2.25 bits per heavy atom. The van der Waals surface area contributed by atoms with E-state index in [-0.39, 0.29) is 23.2 Å². The molecule has 7 nitrogen and oxygen atoms in total. The second-order valence-corrected chi connectivity index (χ2v) is 2.90. The number of nitrogens with zero attached hydrogens (tertiary/aromatic N) is 2. The molecule has 0 fully saturated rings. The SMILES string of the molecule is N#Cc1cc([N+](=O)[O-])cc(C(=O)O)c1CN. The Labute approximate surface area is 89.9 Å². The number of rotatable bonds is 3. The Morgan fingerprint density at radius 1 is 1.62 bits per heavy atom. The molecule has 16 heavy (non-hydrogen) atoms. The van der Waals surface area contributed by atoms with Crippen molar-refractivity contribution >= 4 is 11.7 Å². The molecule has 0 atom stereocenters. The molecule has 0 saturated carbocycles. The molecule has 0 radical (unpaired) electrons. The lowest BCUT2D eigenvalue weighted by Crippen LogP contribution is -2.10. The second-order valence-electron chi connectivity index (χ2n) is 2.90. The Hall–Kier alpha value is -2.46. The molecule has 0 spiro atoms. The number of nitro benzene ring substituents is 1. The summed E-state index contributed by atoms with van der Waals surface area (Å²) in [6.45, 7) is -0.164. The van der Waals surface area contributed by atoms with E-state index in [0.29, 0.717) is 0 Å². The highest BCUT2D eigenvalue weighted by atomic mass is 16.6. The third kappa shape index (κ3) is 1.97. The highest BCUT2D eigenvalue weighted by Gasteiger charge is 2.19. The van der Waals surface area contributed by atoms with Gasteiger partial charge in [0.25, 0.3) is 5.69 Å². The number of carbonyl (C=O) groups is 1. The second kappa shape index (κ2) is 4.37. The first-order chi connectivity index (χ1) is 7.51. The zero-order chi connectivity index (χ0) is 12.3. The average Bonchev–Trinajstić information content (AvgIpc) is 2.26. The monoisotopic (exact) mass is 221 g/mol. The van der Waals surface area contributed by atoms with Crippen LogP contribution in [0.1, 0.15) is 21.5 Å². The quantitative estimate of drug-likeness (QED) is 0.568. The molecular formula is C9H7N3O4. The minimum absolute atomic E-state index is 0.0888. The molecule has 0 unspecified atom stereocenters. The number of carboxylic acids is 1. The molecule has 3 N–H and O–H groups in total. The van der Waals surface area contributed by atoms with Crippen molar-refractivity contribution in [2.45, 2.75) is 6.54 Å². The molecule has 0 aliphatic carbocycles. The lowest BCUT2D eigenvalue weighted by molar-refractivity contribution is -0.384. The molecule has 7 heteroatoms. The molecule has 0 saturated heterocycles. The summed E-state index contributed by atoms with van der Waals surface area (Å²) >= 11 is 0. The van der Waals surface area contributed by atoms with Crippen LogP contribution in [0.3, 0.4) is 0 Å². The maximum absolute atomic E-state index is 10.8. The van der Waals surface area contributed by atoms with E-state index >= 15 is 0 Å². The normalized spacial score (nSPS) is 9.50. The van der Waals surface area contributed by atoms with Gasteiger partial charge in [0, 0.05) is 18.7 Å². The number of carboxylic acid groups (broad SMARTS) is 1. The van der Waals surface area contributed by atoms with Crippen LogP contribution in [0.25, 0.3) is 0 Å². The smallest absolute Gasteiger partial charge is 0.336 e. The van der Waals surface area contributed by atoms with Gasteiger partial charge in [0.1, 0.15) is 0 Å². The molecule has 0 heterocycles. The van der Waals surface area contributed by atoms with Crippen molar-refractivity contribution in [1.82, 2.24) is 0 Å². The molecule has 1 rings (SSSR count). The molecule has 1 aromatic carbocycles. The average molecular weight is 221 g/mol. The summed E-state index contributed by atoms with van der Waals surface area (Å²) in [6.07, 6.45) is 0. The summed E-state index contributed by atoms with van der Waals surface area (Å²) in [5, 5.41) is 28.1. The predicted molar refractivity (Wildman–Crippen MR) is 52.7 cm³/mol. The van der Waals surface area contributed by atoms with Gasteiger partial charge in [0.15, 0.2) is 0 Å². The number of aromatic carboxylic acids is 1. The van der Waals surface area contributed by atoms with E-state index in [1.807, 2.05) is 0 Å². The minimum atomic E-state index is -1.35. The standard InChI is InChI=1S/C9H7N3O4/c10-3-5-1-6(12(15)16)2-7(9(13)14)8(5)4-11/h1-2H,4,11H2,(H,13,14). The number of non-ortho nitro benzene ring substituents is 1. The van der Waals surface area contributed by atoms with Gasteiger partial charge in [-0.2, -0.15) is 5.26 Å². The Kier molecular flexibility index (Phi) is 3.17. The van der Waals surface area contributed by atoms with E-state index in [2.05, 4.69) is 0 Å². The summed E-state index contributed by atoms with van der Waals surface area (Å²) in [7, 11) is 0. The van der Waals surface area contributed by atoms with Gasteiger partial charge < -0.3 is 10.8 Å². The first kappa shape index (κ1) is 11.6. The zero-order valence-electron chi connectivity index (χ0n) is 8.01. The van der Waals surface area contributed by atoms with E-state index in [1.54, 1.807) is 6.07 Å². The van der Waals surface area contributed by atoms with E-state index in [9.17, 15) is 14.9 Å². The van der Waals surface area contributed by atoms with Crippen LogP contribution < -0.4 is 5.73 Å². The van der Waals surface area contributed by atoms with Crippen molar-refractivity contribution in [3.8, 4) is 6.07 Å². The van der Waals surface area contributed by atoms with Crippen molar-refractivity contribution in [3.63, 3.8) is 0 Å². The van der Waals surface area contributed by atoms with Gasteiger partial charge in [-0.05, 0) is 5.56 Å². The molecule has 0 aromatic heterocycles. The lowest BCUT2D eigenvalue weighted by atomic mass is 10.0. The first-order valence-corrected chi connectivity index (χ1v) is 4.16. The van der Waals surface area contributed by atoms with Gasteiger partial charge in [0.05, 0.1) is 22.1 Å². The molecule has 0 bridgehead atoms. The van der Waals surface area contributed by atoms with E-state index < -0.39 is 16.6 Å². The van der Waals surface area contributed by atoms with Gasteiger partial charge in [-0.1, -0.05) is 0 Å². The van der Waals surface area contributed by atoms with Crippen LogP contribution in [0.2, 0.25) is 0 Å². The molecule has 0 aliphatic rings. The van der Waals surface area contributed by atoms with Gasteiger partial charge in [0.2, 0.25) is 0 Å². The molecule has 82 valence electrons. The fourth-order valence-corrected chi connectivity index (χ4v) is 1.27. The molecule has 1 aromatic rings. The fraction of sp³-hybridized carbons (Fsp3) is 0.111. The maximum atomic E-state index is 10.8. The third-order valence-corrected chi connectivity index (χ3v) is 2.00. The number of benzene rings is 1. The predicted octanol–water partition coefficient (Wildman–Crippen LogP) is 0.623. The number of hydrogen-bond acceptors (Lipinski definition) is 5. The topological polar surface area (TPSA) is 130 Å². The summed E-state index contributed by atoms with van der Waals surface area (Å²) in [5.41, 5.74) is 4.57. The minimum Gasteiger partial charge on any atom is -0.478 e. The summed E-state index contributed by atoms with van der Waals surface area (Å²) < 4.78 is 0. The van der Waals surface area contributed by atoms with Crippen molar-refractivity contribution in [3.05, 3.63) is 38.9 Å². The Bertz CT molecular complexity index is 504. The number of hydrogen-bond donors (Lipinski definition) is 2. The molecular weight excluding hydrogens is 214 g/mol. The largest absolute Gasteiger partial charge is 0.478 e. The fourth-order valence-electron chi connectivity index (χ4n) is 1.27. The zero-order valence-corrected chi connectivity index (χ0v) is 8.01. The van der Waals surface area contributed by atoms with Crippen LogP contribution in [-0.4, -0.2) is 16.0 Å². The van der Waals surface area contributed by atoms with Crippen molar-refractivity contribution in [2.75, 3.05) is 0 Å². The van der Waals surface area contributed by atoms with Crippen molar-refractivity contribution in [1.29, 1.82) is 5.26 Å². The van der Waals surface area contributed by atoms with Crippen LogP contribution >= 0.6 is 0 Å². The van der Waals surface area contributed by atoms with Crippen LogP contribution in [0.15, 0.2) is 12.1 Å². The number of nitriles is 1. The van der Waals surface area contributed by atoms with E-state index in [4.69, 9.17) is 16.1 Å². The highest BCUT2D eigenvalue weighted by Crippen LogP contribution is 2.22. The maximum Gasteiger partial charge on any atom is 0.336 e. The van der Waals surface area contributed by atoms with Crippen LogP contribution in [0.4, 0.5) is 5.69 Å². The third-order valence-electron chi connectivity index (χ3n) is 2.00. The van der Waals surface area contributed by atoms with E-state index in [1.165, 1.54) is 0 Å². The molecule has 0 aliphatic heterocycles. The highest BCUT2D eigenvalue weighted by molar-refractivity contribution is 5.91. The van der Waals surface area contributed by atoms with E-state index in [0.717, 1.165) is 12.1 Å².